The maximum absolute atomic E-state index is 13.2. The summed E-state index contributed by atoms with van der Waals surface area (Å²) in [6.45, 7) is 0.308. The number of rotatable bonds is 8. The number of hydrogen-bond donors (Lipinski definition) is 1. The molecule has 26 heavy (non-hydrogen) atoms. The predicted molar refractivity (Wildman–Crippen MR) is 78.6 cm³/mol. The number of cyclic esters (lactones) is 1. The molecule has 2 fully saturated rings. The fourth-order valence-corrected chi connectivity index (χ4v) is 3.45. The molecule has 2 rings (SSSR count). The van der Waals surface area contributed by atoms with Gasteiger partial charge in [-0.25, -0.2) is 9.18 Å². The van der Waals surface area contributed by atoms with Crippen LogP contribution in [0.3, 0.4) is 0 Å². The van der Waals surface area contributed by atoms with Crippen molar-refractivity contribution in [2.75, 3.05) is 13.2 Å². The van der Waals surface area contributed by atoms with Crippen LogP contribution in [0.2, 0.25) is 0 Å². The first kappa shape index (κ1) is 20.7. The van der Waals surface area contributed by atoms with Gasteiger partial charge in [-0.15, -0.1) is 0 Å². The summed E-state index contributed by atoms with van der Waals surface area (Å²) in [6, 6.07) is 0. The van der Waals surface area contributed by atoms with Crippen LogP contribution in [0.1, 0.15) is 26.2 Å². The zero-order chi connectivity index (χ0) is 19.7. The average Bonchev–Trinajstić information content (AvgIpc) is 2.78. The molecular formula is C14H19F3O8S. The second-order valence-corrected chi connectivity index (χ2v) is 7.96. The lowest BCUT2D eigenvalue weighted by Gasteiger charge is -2.37. The van der Waals surface area contributed by atoms with Gasteiger partial charge in [-0.1, -0.05) is 0 Å². The van der Waals surface area contributed by atoms with Crippen LogP contribution in [-0.2, 0) is 29.1 Å². The Morgan fingerprint density at radius 2 is 2.12 bits per heavy atom. The molecule has 2 aliphatic rings. The molecule has 0 radical (unpaired) electrons. The minimum atomic E-state index is -5.97. The monoisotopic (exact) mass is 404 g/mol. The third-order valence-corrected chi connectivity index (χ3v) is 5.64. The van der Waals surface area contributed by atoms with Crippen molar-refractivity contribution in [1.29, 1.82) is 0 Å². The topological polar surface area (TPSA) is 116 Å². The molecule has 1 saturated heterocycles. The van der Waals surface area contributed by atoms with Crippen LogP contribution in [0.25, 0.3) is 0 Å². The number of hydrogen-bond acceptors (Lipinski definition) is 7. The molecule has 5 atom stereocenters. The summed E-state index contributed by atoms with van der Waals surface area (Å²) in [6.07, 6.45) is -3.76. The summed E-state index contributed by atoms with van der Waals surface area (Å²) in [4.78, 5) is 22.6. The molecular weight excluding hydrogens is 385 g/mol. The van der Waals surface area contributed by atoms with E-state index in [4.69, 9.17) is 14.0 Å². The van der Waals surface area contributed by atoms with Gasteiger partial charge in [0, 0.05) is 5.92 Å². The molecule has 8 nitrogen and oxygen atoms in total. The summed E-state index contributed by atoms with van der Waals surface area (Å²) in [5, 5.41) is -5.10. The van der Waals surface area contributed by atoms with E-state index in [-0.39, 0.29) is 23.7 Å². The lowest BCUT2D eigenvalue weighted by Crippen LogP contribution is -2.41. The highest BCUT2D eigenvalue weighted by Gasteiger charge is 2.53. The van der Waals surface area contributed by atoms with Crippen LogP contribution in [0.15, 0.2) is 0 Å². The van der Waals surface area contributed by atoms with E-state index in [1.54, 1.807) is 0 Å². The number of carbonyl (C=O) groups is 2. The Labute approximate surface area is 147 Å². The number of esters is 1. The second kappa shape index (κ2) is 7.59. The number of ether oxygens (including phenoxy) is 3. The molecule has 0 bridgehead atoms. The zero-order valence-electron chi connectivity index (χ0n) is 13.8. The highest BCUT2D eigenvalue weighted by molar-refractivity contribution is 7.86. The Balaban J connectivity index is 1.67. The third kappa shape index (κ3) is 4.40. The van der Waals surface area contributed by atoms with Gasteiger partial charge in [0.1, 0.15) is 12.7 Å². The van der Waals surface area contributed by atoms with E-state index >= 15 is 0 Å². The van der Waals surface area contributed by atoms with Crippen molar-refractivity contribution < 1.29 is 49.9 Å². The van der Waals surface area contributed by atoms with Gasteiger partial charge in [0.25, 0.3) is 0 Å². The Kier molecular flexibility index (Phi) is 6.06. The number of alkyl halides is 3. The van der Waals surface area contributed by atoms with Gasteiger partial charge in [0.2, 0.25) is 6.17 Å². The maximum Gasteiger partial charge on any atom is 0.508 e. The fraction of sp³-hybridized carbons (Fsp3) is 0.857. The SMILES string of the molecule is CC(CCC1CC2C(=O)OCC12)OC(=O)OCC(F)C(F)(F)S(=O)(=O)O. The minimum absolute atomic E-state index is 0.0628. The van der Waals surface area contributed by atoms with Crippen molar-refractivity contribution in [3.05, 3.63) is 0 Å². The second-order valence-electron chi connectivity index (χ2n) is 6.47. The molecule has 12 heteroatoms. The summed E-state index contributed by atoms with van der Waals surface area (Å²) in [7, 11) is -5.97. The number of carbonyl (C=O) groups excluding carboxylic acids is 2. The molecule has 5 unspecified atom stereocenters. The van der Waals surface area contributed by atoms with Crippen LogP contribution in [-0.4, -0.2) is 55.8 Å². The predicted octanol–water partition coefficient (Wildman–Crippen LogP) is 1.94. The van der Waals surface area contributed by atoms with Crippen LogP contribution in [0, 0.1) is 17.8 Å². The van der Waals surface area contributed by atoms with E-state index in [1.807, 2.05) is 0 Å². The summed E-state index contributed by atoms with van der Waals surface area (Å²) in [5.41, 5.74) is 0. The van der Waals surface area contributed by atoms with E-state index in [1.165, 1.54) is 6.92 Å². The number of fused-ring (bicyclic) bond motifs is 1. The van der Waals surface area contributed by atoms with Crippen LogP contribution in [0.5, 0.6) is 0 Å². The van der Waals surface area contributed by atoms with Gasteiger partial charge in [-0.05, 0) is 32.1 Å². The van der Waals surface area contributed by atoms with Gasteiger partial charge < -0.3 is 14.2 Å². The largest absolute Gasteiger partial charge is 0.508 e. The van der Waals surface area contributed by atoms with Crippen molar-refractivity contribution in [2.24, 2.45) is 17.8 Å². The van der Waals surface area contributed by atoms with E-state index in [0.717, 1.165) is 0 Å². The first-order valence-electron chi connectivity index (χ1n) is 7.92. The summed E-state index contributed by atoms with van der Waals surface area (Å²) < 4.78 is 81.9. The van der Waals surface area contributed by atoms with Crippen molar-refractivity contribution in [3.63, 3.8) is 0 Å². The van der Waals surface area contributed by atoms with Crippen LogP contribution < -0.4 is 0 Å². The Morgan fingerprint density at radius 1 is 1.46 bits per heavy atom. The van der Waals surface area contributed by atoms with E-state index < -0.39 is 40.4 Å². The smallest absolute Gasteiger partial charge is 0.465 e. The van der Waals surface area contributed by atoms with E-state index in [2.05, 4.69) is 4.74 Å². The van der Waals surface area contributed by atoms with Crippen molar-refractivity contribution in [2.45, 2.75) is 43.7 Å². The third-order valence-electron chi connectivity index (χ3n) is 4.70. The van der Waals surface area contributed by atoms with E-state index in [9.17, 15) is 31.2 Å². The van der Waals surface area contributed by atoms with Gasteiger partial charge in [0.15, 0.2) is 0 Å². The van der Waals surface area contributed by atoms with Gasteiger partial charge in [-0.2, -0.15) is 17.2 Å². The average molecular weight is 404 g/mol. The first-order valence-corrected chi connectivity index (χ1v) is 9.36. The molecule has 0 aromatic rings. The maximum atomic E-state index is 13.2. The molecule has 1 aliphatic carbocycles. The Hall–Kier alpha value is -1.56. The molecule has 0 aromatic carbocycles. The molecule has 0 spiro atoms. The van der Waals surface area contributed by atoms with Crippen molar-refractivity contribution in [1.82, 2.24) is 0 Å². The molecule has 1 saturated carbocycles. The fourth-order valence-electron chi connectivity index (χ4n) is 3.05. The molecule has 1 aliphatic heterocycles. The van der Waals surface area contributed by atoms with Gasteiger partial charge in [-0.3, -0.25) is 9.35 Å². The lowest BCUT2D eigenvalue weighted by atomic mass is 9.64. The first-order chi connectivity index (χ1) is 11.9. The standard InChI is InChI=1S/C14H19F3O8S/c1-7(2-3-8-4-9-10(8)5-23-12(9)18)25-13(19)24-6-11(15)14(16,17)26(20,21)22/h7-11H,2-6H2,1H3,(H,20,21,22). The number of halogens is 3. The molecule has 0 aromatic heterocycles. The highest BCUT2D eigenvalue weighted by atomic mass is 32.2. The van der Waals surface area contributed by atoms with Crippen molar-refractivity contribution in [3.8, 4) is 0 Å². The summed E-state index contributed by atoms with van der Waals surface area (Å²) >= 11 is 0. The van der Waals surface area contributed by atoms with Gasteiger partial charge >= 0.3 is 27.5 Å². The molecule has 150 valence electrons. The van der Waals surface area contributed by atoms with Crippen molar-refractivity contribution >= 4 is 22.2 Å². The highest BCUT2D eigenvalue weighted by Crippen LogP contribution is 2.47. The molecule has 0 amide bonds. The Bertz CT molecular complexity index is 653. The minimum Gasteiger partial charge on any atom is -0.465 e. The quantitative estimate of drug-likeness (QED) is 0.482. The Morgan fingerprint density at radius 3 is 2.69 bits per heavy atom. The summed E-state index contributed by atoms with van der Waals surface area (Å²) in [5.74, 6) is 0.169. The molecule has 1 heterocycles. The van der Waals surface area contributed by atoms with Gasteiger partial charge in [0.05, 0.1) is 12.5 Å². The zero-order valence-corrected chi connectivity index (χ0v) is 14.6. The van der Waals surface area contributed by atoms with Crippen LogP contribution >= 0.6 is 0 Å². The normalized spacial score (nSPS) is 27.7. The van der Waals surface area contributed by atoms with Crippen LogP contribution in [0.4, 0.5) is 18.0 Å². The van der Waals surface area contributed by atoms with E-state index in [0.29, 0.717) is 25.9 Å². The molecule has 1 N–H and O–H groups in total. The lowest BCUT2D eigenvalue weighted by molar-refractivity contribution is -0.142.